The Bertz CT molecular complexity index is 1180. The molecular weight excluding hydrogens is 506 g/mol. The van der Waals surface area contributed by atoms with Crippen molar-refractivity contribution in [1.82, 2.24) is 9.80 Å². The first-order chi connectivity index (χ1) is 18.9. The Morgan fingerprint density at radius 3 is 2.38 bits per heavy atom. The smallest absolute Gasteiger partial charge is 0.253 e. The van der Waals surface area contributed by atoms with E-state index in [1.165, 1.54) is 4.90 Å². The third kappa shape index (κ3) is 4.31. The molecule has 1 aromatic carbocycles. The number of anilines is 1. The van der Waals surface area contributed by atoms with Crippen molar-refractivity contribution in [2.75, 3.05) is 31.1 Å². The van der Waals surface area contributed by atoms with Gasteiger partial charge in [0.1, 0.15) is 11.6 Å². The Morgan fingerprint density at radius 1 is 1.20 bits per heavy atom. The molecule has 3 fully saturated rings. The molecule has 0 radical (unpaired) electrons. The third-order valence-corrected chi connectivity index (χ3v) is 9.43. The van der Waals surface area contributed by atoms with Gasteiger partial charge in [-0.25, -0.2) is 0 Å². The first kappa shape index (κ1) is 30.0. The Kier molecular flexibility index (Phi) is 8.35. The molecule has 8 heteroatoms. The molecular formula is C32H45N3O5. The second-order valence-electron chi connectivity index (χ2n) is 12.0. The zero-order valence-electron chi connectivity index (χ0n) is 24.9. The van der Waals surface area contributed by atoms with Gasteiger partial charge in [0.15, 0.2) is 0 Å². The maximum Gasteiger partial charge on any atom is 0.253 e. The van der Waals surface area contributed by atoms with Crippen molar-refractivity contribution in [3.63, 3.8) is 0 Å². The van der Waals surface area contributed by atoms with E-state index in [0.29, 0.717) is 19.5 Å². The predicted molar refractivity (Wildman–Crippen MR) is 156 cm³/mol. The highest BCUT2D eigenvalue weighted by molar-refractivity contribution is 6.06. The Balaban J connectivity index is 1.89. The number of hydrogen-bond acceptors (Lipinski definition) is 5. The lowest BCUT2D eigenvalue weighted by Crippen LogP contribution is -2.59. The number of aliphatic hydroxyl groups excluding tert-OH is 1. The van der Waals surface area contributed by atoms with Gasteiger partial charge in [-0.15, -0.1) is 13.2 Å². The molecule has 3 heterocycles. The van der Waals surface area contributed by atoms with Crippen LogP contribution in [0.15, 0.2) is 43.5 Å². The molecule has 0 aliphatic carbocycles. The average Bonchev–Trinajstić information content (AvgIpc) is 3.43. The van der Waals surface area contributed by atoms with Gasteiger partial charge in [0.25, 0.3) is 5.91 Å². The summed E-state index contributed by atoms with van der Waals surface area (Å²) in [6.07, 6.45) is 4.61. The van der Waals surface area contributed by atoms with Crippen molar-refractivity contribution >= 4 is 23.4 Å². The van der Waals surface area contributed by atoms with E-state index in [1.807, 2.05) is 52.8 Å². The fourth-order valence-corrected chi connectivity index (χ4v) is 7.61. The highest BCUT2D eigenvalue weighted by Gasteiger charge is 2.80. The van der Waals surface area contributed by atoms with Gasteiger partial charge in [-0.3, -0.25) is 14.4 Å². The number of benzene rings is 1. The summed E-state index contributed by atoms with van der Waals surface area (Å²) in [7, 11) is 0. The lowest BCUT2D eigenvalue weighted by atomic mass is 9.62. The van der Waals surface area contributed by atoms with Crippen molar-refractivity contribution in [1.29, 1.82) is 0 Å². The van der Waals surface area contributed by atoms with E-state index in [0.717, 1.165) is 23.2 Å². The standard InChI is InChI=1S/C32H45N3O5/c1-9-15-33(16-10-2)28(37)24-25-29(38)35(23(7)19-36)27(32(25)18-22(6)31(24,8)40-32)30(39)34(17-11-3)26-20(4)13-12-14-21(26)5/h9,11-14,22-25,27,36H,1,3,10,15-19H2,2,4-8H3/t22?,23-,24+,25+,27?,31-,32?/m1/s1. The summed E-state index contributed by atoms with van der Waals surface area (Å²) in [6.45, 7) is 20.2. The number of ether oxygens (including phenoxy) is 1. The Morgan fingerprint density at radius 2 is 1.82 bits per heavy atom. The van der Waals surface area contributed by atoms with Crippen LogP contribution >= 0.6 is 0 Å². The first-order valence-corrected chi connectivity index (χ1v) is 14.5. The van der Waals surface area contributed by atoms with Gasteiger partial charge in [0.2, 0.25) is 11.8 Å². The molecule has 218 valence electrons. The van der Waals surface area contributed by atoms with Crippen LogP contribution in [0, 0.1) is 31.6 Å². The molecule has 3 unspecified atom stereocenters. The number of amides is 3. The summed E-state index contributed by atoms with van der Waals surface area (Å²) in [5, 5.41) is 10.2. The van der Waals surface area contributed by atoms with E-state index in [4.69, 9.17) is 4.74 Å². The quantitative estimate of drug-likeness (QED) is 0.424. The van der Waals surface area contributed by atoms with Crippen LogP contribution in [0.1, 0.15) is 51.7 Å². The number of carbonyl (C=O) groups is 3. The topological polar surface area (TPSA) is 90.4 Å². The molecule has 3 saturated heterocycles. The highest BCUT2D eigenvalue weighted by atomic mass is 16.5. The highest BCUT2D eigenvalue weighted by Crippen LogP contribution is 2.65. The molecule has 1 spiro atoms. The van der Waals surface area contributed by atoms with Crippen molar-refractivity contribution in [2.24, 2.45) is 17.8 Å². The number of para-hydroxylation sites is 1. The predicted octanol–water partition coefficient (Wildman–Crippen LogP) is 3.64. The zero-order valence-corrected chi connectivity index (χ0v) is 24.9. The van der Waals surface area contributed by atoms with E-state index in [9.17, 15) is 19.5 Å². The molecule has 0 saturated carbocycles. The van der Waals surface area contributed by atoms with Gasteiger partial charge in [-0.2, -0.15) is 0 Å². The minimum atomic E-state index is -1.19. The molecule has 1 aromatic rings. The summed E-state index contributed by atoms with van der Waals surface area (Å²) in [5.41, 5.74) is 0.545. The lowest BCUT2D eigenvalue weighted by molar-refractivity contribution is -0.153. The third-order valence-electron chi connectivity index (χ3n) is 9.43. The second-order valence-corrected chi connectivity index (χ2v) is 12.0. The van der Waals surface area contributed by atoms with Gasteiger partial charge in [0, 0.05) is 25.3 Å². The molecule has 3 aliphatic heterocycles. The fourth-order valence-electron chi connectivity index (χ4n) is 7.61. The normalized spacial score (nSPS) is 31.2. The molecule has 2 bridgehead atoms. The fraction of sp³-hybridized carbons (Fsp3) is 0.594. The molecule has 7 atom stereocenters. The lowest BCUT2D eigenvalue weighted by Gasteiger charge is -2.39. The number of nitrogens with zero attached hydrogens (tertiary/aromatic N) is 3. The zero-order chi connectivity index (χ0) is 29.6. The molecule has 3 aliphatic rings. The van der Waals surface area contributed by atoms with Crippen LogP contribution in [0.25, 0.3) is 0 Å². The minimum absolute atomic E-state index is 0.0644. The SMILES string of the molecule is C=CCN(CCC)C(=O)[C@@H]1[C@H]2C(=O)N([C@H](C)CO)C(C(=O)N(CC=C)c3c(C)cccc3C)C23CC(C)[C@@]1(C)O3. The monoisotopic (exact) mass is 551 g/mol. The van der Waals surface area contributed by atoms with E-state index in [-0.39, 0.29) is 36.8 Å². The maximum atomic E-state index is 14.8. The van der Waals surface area contributed by atoms with Crippen LogP contribution in [-0.2, 0) is 19.1 Å². The number of likely N-dealkylation sites (tertiary alicyclic amines) is 1. The van der Waals surface area contributed by atoms with Crippen LogP contribution in [0.5, 0.6) is 0 Å². The number of rotatable bonds is 11. The summed E-state index contributed by atoms with van der Waals surface area (Å²) in [5.74, 6) is -2.35. The number of fused-ring (bicyclic) bond motifs is 1. The maximum absolute atomic E-state index is 14.8. The molecule has 4 rings (SSSR count). The van der Waals surface area contributed by atoms with Crippen molar-refractivity contribution < 1.29 is 24.2 Å². The van der Waals surface area contributed by atoms with Crippen LogP contribution < -0.4 is 4.90 Å². The van der Waals surface area contributed by atoms with Gasteiger partial charge in [-0.1, -0.05) is 44.2 Å². The first-order valence-electron chi connectivity index (χ1n) is 14.5. The van der Waals surface area contributed by atoms with Gasteiger partial charge >= 0.3 is 0 Å². The second kappa shape index (κ2) is 11.1. The van der Waals surface area contributed by atoms with Crippen LogP contribution in [0.3, 0.4) is 0 Å². The van der Waals surface area contributed by atoms with Gasteiger partial charge in [-0.05, 0) is 57.6 Å². The number of aliphatic hydroxyl groups is 1. The molecule has 8 nitrogen and oxygen atoms in total. The Labute approximate surface area is 238 Å². The van der Waals surface area contributed by atoms with E-state index >= 15 is 0 Å². The summed E-state index contributed by atoms with van der Waals surface area (Å²) in [4.78, 5) is 48.3. The summed E-state index contributed by atoms with van der Waals surface area (Å²) >= 11 is 0. The van der Waals surface area contributed by atoms with Gasteiger partial charge < -0.3 is 24.5 Å². The van der Waals surface area contributed by atoms with E-state index < -0.39 is 35.1 Å². The largest absolute Gasteiger partial charge is 0.394 e. The number of aryl methyl sites for hydroxylation is 2. The van der Waals surface area contributed by atoms with Gasteiger partial charge in [0.05, 0.1) is 30.1 Å². The number of carbonyl (C=O) groups excluding carboxylic acids is 3. The van der Waals surface area contributed by atoms with E-state index in [2.05, 4.69) is 13.2 Å². The number of hydrogen-bond donors (Lipinski definition) is 1. The molecule has 40 heavy (non-hydrogen) atoms. The summed E-state index contributed by atoms with van der Waals surface area (Å²) in [6, 6.07) is 4.24. The minimum Gasteiger partial charge on any atom is -0.394 e. The summed E-state index contributed by atoms with van der Waals surface area (Å²) < 4.78 is 6.89. The van der Waals surface area contributed by atoms with Crippen LogP contribution in [-0.4, -0.2) is 82.2 Å². The van der Waals surface area contributed by atoms with Crippen molar-refractivity contribution in [3.8, 4) is 0 Å². The molecule has 3 amide bonds. The molecule has 0 aromatic heterocycles. The van der Waals surface area contributed by atoms with Crippen LogP contribution in [0.2, 0.25) is 0 Å². The van der Waals surface area contributed by atoms with Crippen molar-refractivity contribution in [3.05, 3.63) is 54.6 Å². The Hall–Kier alpha value is -2.97. The average molecular weight is 552 g/mol. The molecule has 1 N–H and O–H groups in total. The van der Waals surface area contributed by atoms with Crippen molar-refractivity contribution in [2.45, 2.75) is 77.7 Å². The van der Waals surface area contributed by atoms with E-state index in [1.54, 1.807) is 28.9 Å². The van der Waals surface area contributed by atoms with Crippen LogP contribution in [0.4, 0.5) is 5.69 Å².